The SMILES string of the molecule is Bc1cc(C)c(C)nc1OC(O)C(=O)O. The number of aromatic nitrogens is 1. The predicted octanol–water partition coefficient (Wildman–Crippen LogP) is -1.26. The molecule has 0 spiro atoms. The number of carboxylic acids is 1. The van der Waals surface area contributed by atoms with Crippen molar-refractivity contribution in [3.63, 3.8) is 0 Å². The first-order valence-corrected chi connectivity index (χ1v) is 4.44. The van der Waals surface area contributed by atoms with Gasteiger partial charge < -0.3 is 14.9 Å². The van der Waals surface area contributed by atoms with Crippen molar-refractivity contribution in [2.24, 2.45) is 0 Å². The lowest BCUT2D eigenvalue weighted by Gasteiger charge is -2.12. The average molecular weight is 209 g/mol. The Labute approximate surface area is 88.1 Å². The van der Waals surface area contributed by atoms with Gasteiger partial charge >= 0.3 is 5.97 Å². The third-order valence-corrected chi connectivity index (χ3v) is 2.04. The van der Waals surface area contributed by atoms with Crippen LogP contribution in [0.5, 0.6) is 5.88 Å². The summed E-state index contributed by atoms with van der Waals surface area (Å²) in [5.41, 5.74) is 2.43. The zero-order valence-electron chi connectivity index (χ0n) is 8.81. The first-order chi connectivity index (χ1) is 6.91. The number of nitrogens with zero attached hydrogens (tertiary/aromatic N) is 1. The maximum Gasteiger partial charge on any atom is 0.373 e. The van der Waals surface area contributed by atoms with Crippen LogP contribution < -0.4 is 10.2 Å². The predicted molar refractivity (Wildman–Crippen MR) is 56.2 cm³/mol. The van der Waals surface area contributed by atoms with Gasteiger partial charge in [0.2, 0.25) is 5.88 Å². The Balaban J connectivity index is 2.95. The number of ether oxygens (including phenoxy) is 1. The summed E-state index contributed by atoms with van der Waals surface area (Å²) in [6.07, 6.45) is -1.88. The Kier molecular flexibility index (Phi) is 3.31. The molecule has 0 fully saturated rings. The smallest absolute Gasteiger partial charge is 0.373 e. The minimum Gasteiger partial charge on any atom is -0.477 e. The second kappa shape index (κ2) is 4.31. The van der Waals surface area contributed by atoms with E-state index < -0.39 is 12.3 Å². The van der Waals surface area contributed by atoms with E-state index >= 15 is 0 Å². The molecule has 1 aromatic heterocycles. The number of hydrogen-bond donors (Lipinski definition) is 2. The third kappa shape index (κ3) is 2.70. The van der Waals surface area contributed by atoms with Crippen molar-refractivity contribution >= 4 is 19.3 Å². The molecular formula is C9H12BNO4. The number of carboxylic acid groups (broad SMARTS) is 1. The molecule has 0 aliphatic heterocycles. The lowest BCUT2D eigenvalue weighted by atomic mass is 9.95. The van der Waals surface area contributed by atoms with Gasteiger partial charge in [0.25, 0.3) is 6.29 Å². The minimum atomic E-state index is -1.88. The van der Waals surface area contributed by atoms with Gasteiger partial charge in [0, 0.05) is 5.69 Å². The molecule has 0 radical (unpaired) electrons. The van der Waals surface area contributed by atoms with Crippen LogP contribution in [-0.4, -0.2) is 35.3 Å². The molecule has 1 rings (SSSR count). The van der Waals surface area contributed by atoms with Gasteiger partial charge in [0.1, 0.15) is 7.85 Å². The molecule has 1 unspecified atom stereocenters. The normalized spacial score (nSPS) is 12.2. The molecule has 1 aromatic rings. The minimum absolute atomic E-state index is 0.146. The summed E-state index contributed by atoms with van der Waals surface area (Å²) in [5.74, 6) is -1.29. The summed E-state index contributed by atoms with van der Waals surface area (Å²) in [7, 11) is 1.74. The molecule has 2 N–H and O–H groups in total. The molecule has 1 atom stereocenters. The molecule has 0 bridgehead atoms. The molecule has 1 heterocycles. The second-order valence-electron chi connectivity index (χ2n) is 3.32. The molecule has 0 aliphatic rings. The van der Waals surface area contributed by atoms with Crippen LogP contribution in [0.1, 0.15) is 11.3 Å². The van der Waals surface area contributed by atoms with Crippen molar-refractivity contribution in [2.75, 3.05) is 0 Å². The second-order valence-corrected chi connectivity index (χ2v) is 3.32. The van der Waals surface area contributed by atoms with Crippen molar-refractivity contribution in [1.29, 1.82) is 0 Å². The van der Waals surface area contributed by atoms with Gasteiger partial charge in [-0.05, 0) is 24.9 Å². The van der Waals surface area contributed by atoms with Crippen molar-refractivity contribution in [3.05, 3.63) is 17.3 Å². The summed E-state index contributed by atoms with van der Waals surface area (Å²) in [5, 5.41) is 17.5. The zero-order chi connectivity index (χ0) is 11.6. The summed E-state index contributed by atoms with van der Waals surface area (Å²) >= 11 is 0. The number of aliphatic hydroxyl groups is 1. The Morgan fingerprint density at radius 1 is 1.60 bits per heavy atom. The highest BCUT2D eigenvalue weighted by Gasteiger charge is 2.17. The molecule has 80 valence electrons. The van der Waals surface area contributed by atoms with E-state index in [9.17, 15) is 4.79 Å². The molecule has 0 saturated heterocycles. The summed E-state index contributed by atoms with van der Waals surface area (Å²) in [4.78, 5) is 14.4. The Bertz CT molecular complexity index is 394. The van der Waals surface area contributed by atoms with Crippen molar-refractivity contribution in [1.82, 2.24) is 4.98 Å². The largest absolute Gasteiger partial charge is 0.477 e. The monoisotopic (exact) mass is 209 g/mol. The number of pyridine rings is 1. The molecule has 0 amide bonds. The number of hydrogen-bond acceptors (Lipinski definition) is 4. The highest BCUT2D eigenvalue weighted by atomic mass is 16.6. The molecular weight excluding hydrogens is 197 g/mol. The van der Waals surface area contributed by atoms with Crippen LogP contribution in [0.15, 0.2) is 6.07 Å². The maximum atomic E-state index is 10.4. The van der Waals surface area contributed by atoms with E-state index in [0.29, 0.717) is 5.46 Å². The Morgan fingerprint density at radius 2 is 2.20 bits per heavy atom. The van der Waals surface area contributed by atoms with Crippen LogP contribution in [0, 0.1) is 13.8 Å². The van der Waals surface area contributed by atoms with Gasteiger partial charge in [0.05, 0.1) is 0 Å². The topological polar surface area (TPSA) is 79.7 Å². The van der Waals surface area contributed by atoms with Gasteiger partial charge in [0.15, 0.2) is 0 Å². The standard InChI is InChI=1S/C9H12BNO4/c1-4-3-6(10)7(11-5(4)2)15-9(14)8(12)13/h3,9,14H,10H2,1-2H3,(H,12,13). The quantitative estimate of drug-likeness (QED) is 0.479. The number of aliphatic hydroxyl groups excluding tert-OH is 1. The molecule has 0 aromatic carbocycles. The fourth-order valence-corrected chi connectivity index (χ4v) is 1.10. The first kappa shape index (κ1) is 11.5. The number of aliphatic carboxylic acids is 1. The molecule has 5 nitrogen and oxygen atoms in total. The van der Waals surface area contributed by atoms with Crippen LogP contribution in [-0.2, 0) is 4.79 Å². The maximum absolute atomic E-state index is 10.4. The third-order valence-electron chi connectivity index (χ3n) is 2.04. The van der Waals surface area contributed by atoms with Crippen LogP contribution in [0.3, 0.4) is 0 Å². The molecule has 15 heavy (non-hydrogen) atoms. The highest BCUT2D eigenvalue weighted by molar-refractivity contribution is 6.34. The number of rotatable bonds is 3. The van der Waals surface area contributed by atoms with Crippen LogP contribution in [0.4, 0.5) is 0 Å². The van der Waals surface area contributed by atoms with Gasteiger partial charge in [-0.3, -0.25) is 0 Å². The average Bonchev–Trinajstić information content (AvgIpc) is 2.13. The highest BCUT2D eigenvalue weighted by Crippen LogP contribution is 2.09. The van der Waals surface area contributed by atoms with E-state index in [1.54, 1.807) is 14.8 Å². The fourth-order valence-electron chi connectivity index (χ4n) is 1.10. The van der Waals surface area contributed by atoms with E-state index in [-0.39, 0.29) is 5.88 Å². The first-order valence-electron chi connectivity index (χ1n) is 4.44. The number of aryl methyl sites for hydroxylation is 2. The Hall–Kier alpha value is -1.56. The summed E-state index contributed by atoms with van der Waals surface area (Å²) in [6, 6.07) is 1.83. The van der Waals surface area contributed by atoms with Crippen molar-refractivity contribution in [2.45, 2.75) is 20.1 Å². The Morgan fingerprint density at radius 3 is 2.73 bits per heavy atom. The van der Waals surface area contributed by atoms with Gasteiger partial charge in [-0.1, -0.05) is 6.07 Å². The van der Waals surface area contributed by atoms with E-state index in [1.165, 1.54) is 0 Å². The lowest BCUT2D eigenvalue weighted by Crippen LogP contribution is -2.29. The van der Waals surface area contributed by atoms with Crippen LogP contribution >= 0.6 is 0 Å². The van der Waals surface area contributed by atoms with E-state index in [0.717, 1.165) is 11.3 Å². The lowest BCUT2D eigenvalue weighted by molar-refractivity contribution is -0.162. The summed E-state index contributed by atoms with van der Waals surface area (Å²) in [6.45, 7) is 3.68. The van der Waals surface area contributed by atoms with Crippen molar-refractivity contribution < 1.29 is 19.7 Å². The van der Waals surface area contributed by atoms with Crippen LogP contribution in [0.25, 0.3) is 0 Å². The molecule has 6 heteroatoms. The molecule has 0 saturated carbocycles. The van der Waals surface area contributed by atoms with E-state index in [2.05, 4.69) is 4.98 Å². The van der Waals surface area contributed by atoms with Gasteiger partial charge in [-0.15, -0.1) is 0 Å². The van der Waals surface area contributed by atoms with Gasteiger partial charge in [-0.25, -0.2) is 9.78 Å². The number of carbonyl (C=O) groups is 1. The summed E-state index contributed by atoms with van der Waals surface area (Å²) < 4.78 is 4.79. The fraction of sp³-hybridized carbons (Fsp3) is 0.333. The zero-order valence-corrected chi connectivity index (χ0v) is 8.81. The molecule has 0 aliphatic carbocycles. The van der Waals surface area contributed by atoms with Crippen molar-refractivity contribution in [3.8, 4) is 5.88 Å². The van der Waals surface area contributed by atoms with Gasteiger partial charge in [-0.2, -0.15) is 0 Å². The van der Waals surface area contributed by atoms with E-state index in [1.807, 2.05) is 13.0 Å². The van der Waals surface area contributed by atoms with E-state index in [4.69, 9.17) is 14.9 Å². The van der Waals surface area contributed by atoms with Crippen LogP contribution in [0.2, 0.25) is 0 Å².